The number of nitrogens with zero attached hydrogens (tertiary/aromatic N) is 2. The van der Waals surface area contributed by atoms with Crippen LogP contribution in [-0.4, -0.2) is 67.9 Å². The number of thioether (sulfide) groups is 1. The van der Waals surface area contributed by atoms with E-state index in [0.29, 0.717) is 12.2 Å². The van der Waals surface area contributed by atoms with Crippen LogP contribution < -0.4 is 4.74 Å². The highest BCUT2D eigenvalue weighted by atomic mass is 32.2. The maximum Gasteiger partial charge on any atom is 0.337 e. The first kappa shape index (κ1) is 25.6. The van der Waals surface area contributed by atoms with Gasteiger partial charge in [0.2, 0.25) is 0 Å². The number of piperazine rings is 1. The summed E-state index contributed by atoms with van der Waals surface area (Å²) >= 11 is 1.93. The van der Waals surface area contributed by atoms with Gasteiger partial charge in [-0.25, -0.2) is 4.79 Å². The Morgan fingerprint density at radius 1 is 0.973 bits per heavy atom. The molecule has 6 heteroatoms. The zero-order valence-electron chi connectivity index (χ0n) is 21.3. The summed E-state index contributed by atoms with van der Waals surface area (Å²) in [5.41, 5.74) is 5.33. The van der Waals surface area contributed by atoms with E-state index in [-0.39, 0.29) is 11.2 Å². The number of carbonyl (C=O) groups is 1. The van der Waals surface area contributed by atoms with E-state index in [4.69, 9.17) is 9.47 Å². The van der Waals surface area contributed by atoms with Crippen molar-refractivity contribution in [3.05, 3.63) is 107 Å². The highest BCUT2D eigenvalue weighted by Crippen LogP contribution is 2.44. The number of esters is 1. The van der Waals surface area contributed by atoms with Gasteiger partial charge in [0.05, 0.1) is 17.9 Å². The number of hydrogen-bond donors (Lipinski definition) is 0. The first-order chi connectivity index (χ1) is 18.2. The molecule has 1 atom stereocenters. The molecule has 0 aromatic heterocycles. The highest BCUT2D eigenvalue weighted by molar-refractivity contribution is 7.99. The van der Waals surface area contributed by atoms with Crippen LogP contribution >= 0.6 is 11.8 Å². The van der Waals surface area contributed by atoms with Gasteiger partial charge in [0.25, 0.3) is 0 Å². The third-order valence-corrected chi connectivity index (χ3v) is 8.32. The Morgan fingerprint density at radius 2 is 1.73 bits per heavy atom. The lowest BCUT2D eigenvalue weighted by Gasteiger charge is -2.34. The van der Waals surface area contributed by atoms with Crippen molar-refractivity contribution in [1.82, 2.24) is 9.80 Å². The number of methoxy groups -OCH3 is 1. The molecule has 0 saturated carbocycles. The van der Waals surface area contributed by atoms with Crippen molar-refractivity contribution in [2.45, 2.75) is 11.9 Å². The fraction of sp³-hybridized carbons (Fsp3) is 0.323. The van der Waals surface area contributed by atoms with Crippen LogP contribution in [0.15, 0.2) is 78.9 Å². The summed E-state index contributed by atoms with van der Waals surface area (Å²) in [6.45, 7) is 6.95. The molecule has 0 spiro atoms. The third kappa shape index (κ3) is 6.45. The van der Waals surface area contributed by atoms with Crippen molar-refractivity contribution in [2.24, 2.45) is 0 Å². The second kappa shape index (κ2) is 12.5. The van der Waals surface area contributed by atoms with E-state index in [1.165, 1.54) is 23.8 Å². The smallest absolute Gasteiger partial charge is 0.337 e. The van der Waals surface area contributed by atoms with Gasteiger partial charge in [0.1, 0.15) is 12.4 Å². The fourth-order valence-electron chi connectivity index (χ4n) is 4.95. The predicted octanol–water partition coefficient (Wildman–Crippen LogP) is 5.52. The molecule has 0 aliphatic carbocycles. The molecule has 1 unspecified atom stereocenters. The van der Waals surface area contributed by atoms with E-state index < -0.39 is 0 Å². The molecule has 0 N–H and O–H groups in total. The molecule has 1 fully saturated rings. The van der Waals surface area contributed by atoms with E-state index in [1.54, 1.807) is 6.07 Å². The number of benzene rings is 3. The summed E-state index contributed by atoms with van der Waals surface area (Å²) in [5.74, 6) is 1.54. The molecule has 0 radical (unpaired) electrons. The first-order valence-electron chi connectivity index (χ1n) is 12.9. The predicted molar refractivity (Wildman–Crippen MR) is 151 cm³/mol. The third-order valence-electron chi connectivity index (χ3n) is 7.06. The van der Waals surface area contributed by atoms with Crippen molar-refractivity contribution >= 4 is 23.8 Å². The first-order valence-corrected chi connectivity index (χ1v) is 14.0. The van der Waals surface area contributed by atoms with E-state index >= 15 is 0 Å². The number of fused-ring (bicyclic) bond motifs is 2. The summed E-state index contributed by atoms with van der Waals surface area (Å²) in [7, 11) is 1.42. The van der Waals surface area contributed by atoms with Gasteiger partial charge in [0, 0.05) is 50.6 Å². The van der Waals surface area contributed by atoms with Crippen molar-refractivity contribution < 1.29 is 14.3 Å². The molecule has 3 aromatic carbocycles. The summed E-state index contributed by atoms with van der Waals surface area (Å²) < 4.78 is 11.1. The van der Waals surface area contributed by atoms with Crippen LogP contribution in [0.2, 0.25) is 0 Å². The zero-order valence-corrected chi connectivity index (χ0v) is 22.2. The van der Waals surface area contributed by atoms with Gasteiger partial charge < -0.3 is 9.47 Å². The van der Waals surface area contributed by atoms with Crippen molar-refractivity contribution in [2.75, 3.05) is 52.1 Å². The molecule has 1 saturated heterocycles. The largest absolute Gasteiger partial charge is 0.489 e. The molecular weight excluding hydrogens is 480 g/mol. The molecule has 37 heavy (non-hydrogen) atoms. The molecule has 2 aliphatic heterocycles. The average Bonchev–Trinajstić information content (AvgIpc) is 3.10. The Hall–Kier alpha value is -3.06. The van der Waals surface area contributed by atoms with Crippen LogP contribution in [0.4, 0.5) is 0 Å². The van der Waals surface area contributed by atoms with E-state index in [9.17, 15) is 4.79 Å². The van der Waals surface area contributed by atoms with Gasteiger partial charge in [-0.1, -0.05) is 66.7 Å². The second-order valence-corrected chi connectivity index (χ2v) is 10.7. The lowest BCUT2D eigenvalue weighted by molar-refractivity contribution is 0.0600. The summed E-state index contributed by atoms with van der Waals surface area (Å²) in [5, 5.41) is 0.114. The van der Waals surface area contributed by atoms with Crippen LogP contribution in [0.1, 0.15) is 37.9 Å². The van der Waals surface area contributed by atoms with Crippen molar-refractivity contribution in [1.29, 1.82) is 0 Å². The van der Waals surface area contributed by atoms with Crippen LogP contribution in [0.25, 0.3) is 6.08 Å². The van der Waals surface area contributed by atoms with Crippen LogP contribution in [-0.2, 0) is 11.3 Å². The van der Waals surface area contributed by atoms with Gasteiger partial charge in [-0.3, -0.25) is 9.80 Å². The Bertz CT molecular complexity index is 1220. The van der Waals surface area contributed by atoms with E-state index in [2.05, 4.69) is 76.5 Å². The Balaban J connectivity index is 1.19. The summed E-state index contributed by atoms with van der Waals surface area (Å²) in [6.07, 6.45) is 4.48. The molecule has 5 rings (SSSR count). The maximum atomic E-state index is 12.2. The van der Waals surface area contributed by atoms with Crippen LogP contribution in [0, 0.1) is 0 Å². The molecule has 0 amide bonds. The topological polar surface area (TPSA) is 42.0 Å². The minimum Gasteiger partial charge on any atom is -0.489 e. The highest BCUT2D eigenvalue weighted by Gasteiger charge is 2.27. The molecule has 2 heterocycles. The minimum absolute atomic E-state index is 0.114. The van der Waals surface area contributed by atoms with E-state index in [0.717, 1.165) is 56.3 Å². The standard InChI is InChI=1S/C31H34N2O3S/c1-35-31(34)25-13-14-29-28(22-25)30(27-12-6-5-11-26(27)23-36-29)37-21-20-33-18-16-32(17-19-33)15-7-10-24-8-3-2-4-9-24/h2-14,22,30H,15-21,23H2,1H3. The van der Waals surface area contributed by atoms with Crippen LogP contribution in [0.5, 0.6) is 5.75 Å². The second-order valence-electron chi connectivity index (χ2n) is 9.44. The summed E-state index contributed by atoms with van der Waals surface area (Å²) in [4.78, 5) is 17.3. The van der Waals surface area contributed by atoms with Crippen molar-refractivity contribution in [3.63, 3.8) is 0 Å². The fourth-order valence-corrected chi connectivity index (χ4v) is 6.32. The SMILES string of the molecule is COC(=O)c1ccc2c(c1)C(SCCN1CCN(CC=Cc3ccccc3)CC1)c1ccccc1CO2. The number of ether oxygens (including phenoxy) is 2. The van der Waals surface area contributed by atoms with Gasteiger partial charge in [-0.05, 0) is 34.9 Å². The van der Waals surface area contributed by atoms with Gasteiger partial charge in [-0.2, -0.15) is 0 Å². The monoisotopic (exact) mass is 514 g/mol. The lowest BCUT2D eigenvalue weighted by Crippen LogP contribution is -2.46. The maximum absolute atomic E-state index is 12.2. The number of rotatable bonds is 8. The Morgan fingerprint density at radius 3 is 2.54 bits per heavy atom. The average molecular weight is 515 g/mol. The summed E-state index contributed by atoms with van der Waals surface area (Å²) in [6, 6.07) is 24.6. The van der Waals surface area contributed by atoms with Gasteiger partial charge in [0.15, 0.2) is 0 Å². The zero-order chi connectivity index (χ0) is 25.5. The minimum atomic E-state index is -0.319. The molecule has 5 nitrogen and oxygen atoms in total. The van der Waals surface area contributed by atoms with Crippen molar-refractivity contribution in [3.8, 4) is 5.75 Å². The van der Waals surface area contributed by atoms with Crippen LogP contribution in [0.3, 0.4) is 0 Å². The van der Waals surface area contributed by atoms with E-state index in [1.807, 2.05) is 23.9 Å². The van der Waals surface area contributed by atoms with Gasteiger partial charge in [-0.15, -0.1) is 11.8 Å². The molecule has 0 bridgehead atoms. The molecular formula is C31H34N2O3S. The number of carbonyl (C=O) groups excluding carboxylic acids is 1. The molecule has 192 valence electrons. The number of hydrogen-bond acceptors (Lipinski definition) is 6. The molecule has 2 aliphatic rings. The molecule has 3 aromatic rings. The Kier molecular flexibility index (Phi) is 8.61. The lowest BCUT2D eigenvalue weighted by atomic mass is 9.98. The Labute approximate surface area is 224 Å². The quantitative estimate of drug-likeness (QED) is 0.369. The van der Waals surface area contributed by atoms with Gasteiger partial charge >= 0.3 is 5.97 Å². The normalized spacial score (nSPS) is 18.0.